The average Bonchev–Trinajstić information content (AvgIpc) is 2.41. The molecule has 114 valence electrons. The molecule has 1 N–H and O–H groups in total. The minimum absolute atomic E-state index is 0.737. The van der Waals surface area contributed by atoms with Crippen molar-refractivity contribution in [1.29, 1.82) is 0 Å². The maximum atomic E-state index is 3.65. The number of hydrogen-bond acceptors (Lipinski definition) is 2. The Labute approximate surface area is 121 Å². The molecule has 0 spiro atoms. The van der Waals surface area contributed by atoms with Gasteiger partial charge >= 0.3 is 0 Å². The first-order chi connectivity index (χ1) is 9.20. The van der Waals surface area contributed by atoms with E-state index in [2.05, 4.69) is 37.9 Å². The van der Waals surface area contributed by atoms with E-state index in [1.54, 1.807) is 0 Å². The Morgan fingerprint density at radius 2 is 1.68 bits per heavy atom. The zero-order chi connectivity index (χ0) is 14.1. The van der Waals surface area contributed by atoms with Crippen LogP contribution in [0.3, 0.4) is 0 Å². The maximum absolute atomic E-state index is 3.65. The van der Waals surface area contributed by atoms with E-state index in [0.717, 1.165) is 24.5 Å². The summed E-state index contributed by atoms with van der Waals surface area (Å²) < 4.78 is 0. The van der Waals surface area contributed by atoms with Crippen LogP contribution in [-0.4, -0.2) is 36.6 Å². The highest BCUT2D eigenvalue weighted by Gasteiger charge is 2.31. The first kappa shape index (κ1) is 17.0. The van der Waals surface area contributed by atoms with Gasteiger partial charge in [-0.2, -0.15) is 0 Å². The molecule has 1 aliphatic heterocycles. The summed E-state index contributed by atoms with van der Waals surface area (Å²) >= 11 is 0. The number of nitrogens with one attached hydrogen (secondary N) is 1. The molecule has 0 aromatic rings. The van der Waals surface area contributed by atoms with Gasteiger partial charge in [-0.25, -0.2) is 0 Å². The van der Waals surface area contributed by atoms with Crippen molar-refractivity contribution in [3.05, 3.63) is 0 Å². The molecule has 2 nitrogen and oxygen atoms in total. The molecule has 0 bridgehead atoms. The number of unbranched alkanes of at least 4 members (excludes halogenated alkanes) is 5. The molecular formula is C17H36N2. The largest absolute Gasteiger partial charge is 0.314 e. The molecule has 19 heavy (non-hydrogen) atoms. The molecule has 0 saturated carbocycles. The standard InChI is InChI=1S/C17H36N2/c1-5-7-8-9-10-11-13-19-14-12-17(18-6-2)15(3)16(19)4/h15-18H,5-14H2,1-4H3. The van der Waals surface area contributed by atoms with Gasteiger partial charge in [0.2, 0.25) is 0 Å². The van der Waals surface area contributed by atoms with E-state index in [1.165, 1.54) is 58.0 Å². The third kappa shape index (κ3) is 5.83. The second-order valence-electron chi connectivity index (χ2n) is 6.36. The molecule has 0 aromatic carbocycles. The first-order valence-corrected chi connectivity index (χ1v) is 8.68. The van der Waals surface area contributed by atoms with Crippen LogP contribution in [0, 0.1) is 5.92 Å². The highest BCUT2D eigenvalue weighted by molar-refractivity contribution is 4.88. The monoisotopic (exact) mass is 268 g/mol. The lowest BCUT2D eigenvalue weighted by Crippen LogP contribution is -2.53. The predicted molar refractivity (Wildman–Crippen MR) is 85.7 cm³/mol. The molecule has 0 aliphatic carbocycles. The lowest BCUT2D eigenvalue weighted by molar-refractivity contribution is 0.0838. The van der Waals surface area contributed by atoms with Gasteiger partial charge in [0.1, 0.15) is 0 Å². The maximum Gasteiger partial charge on any atom is 0.0120 e. The summed E-state index contributed by atoms with van der Waals surface area (Å²) in [5.41, 5.74) is 0. The van der Waals surface area contributed by atoms with E-state index < -0.39 is 0 Å². The summed E-state index contributed by atoms with van der Waals surface area (Å²) in [5.74, 6) is 0.786. The Morgan fingerprint density at radius 1 is 1.00 bits per heavy atom. The van der Waals surface area contributed by atoms with Gasteiger partial charge in [0.25, 0.3) is 0 Å². The number of nitrogens with zero attached hydrogens (tertiary/aromatic N) is 1. The van der Waals surface area contributed by atoms with Crippen LogP contribution in [0.2, 0.25) is 0 Å². The van der Waals surface area contributed by atoms with Crippen molar-refractivity contribution in [3.8, 4) is 0 Å². The molecule has 2 heteroatoms. The lowest BCUT2D eigenvalue weighted by Gasteiger charge is -2.43. The van der Waals surface area contributed by atoms with Crippen LogP contribution >= 0.6 is 0 Å². The summed E-state index contributed by atoms with van der Waals surface area (Å²) in [6.07, 6.45) is 9.79. The van der Waals surface area contributed by atoms with E-state index >= 15 is 0 Å². The van der Waals surface area contributed by atoms with Crippen molar-refractivity contribution in [2.75, 3.05) is 19.6 Å². The minimum atomic E-state index is 0.737. The number of likely N-dealkylation sites (tertiary alicyclic amines) is 1. The molecule has 1 rings (SSSR count). The highest BCUT2D eigenvalue weighted by Crippen LogP contribution is 2.24. The van der Waals surface area contributed by atoms with Crippen LogP contribution in [-0.2, 0) is 0 Å². The molecule has 3 atom stereocenters. The fourth-order valence-electron chi connectivity index (χ4n) is 3.40. The Kier molecular flexibility index (Phi) is 8.72. The van der Waals surface area contributed by atoms with Gasteiger partial charge in [0.15, 0.2) is 0 Å². The molecular weight excluding hydrogens is 232 g/mol. The van der Waals surface area contributed by atoms with Crippen LogP contribution in [0.25, 0.3) is 0 Å². The SMILES string of the molecule is CCCCCCCCN1CCC(NCC)C(C)C1C. The highest BCUT2D eigenvalue weighted by atomic mass is 15.2. The quantitative estimate of drug-likeness (QED) is 0.635. The molecule has 1 heterocycles. The van der Waals surface area contributed by atoms with Crippen LogP contribution in [0.15, 0.2) is 0 Å². The molecule has 1 saturated heterocycles. The number of rotatable bonds is 9. The normalized spacial score (nSPS) is 28.7. The fourth-order valence-corrected chi connectivity index (χ4v) is 3.40. The summed E-state index contributed by atoms with van der Waals surface area (Å²) in [7, 11) is 0. The smallest absolute Gasteiger partial charge is 0.0120 e. The van der Waals surface area contributed by atoms with Crippen LogP contribution in [0.4, 0.5) is 0 Å². The summed E-state index contributed by atoms with van der Waals surface area (Å²) in [6, 6.07) is 1.48. The van der Waals surface area contributed by atoms with Crippen LogP contribution in [0.1, 0.15) is 72.6 Å². The van der Waals surface area contributed by atoms with Crippen molar-refractivity contribution in [3.63, 3.8) is 0 Å². The predicted octanol–water partition coefficient (Wildman–Crippen LogP) is 4.06. The molecule has 1 fully saturated rings. The minimum Gasteiger partial charge on any atom is -0.314 e. The second kappa shape index (κ2) is 9.77. The third-order valence-electron chi connectivity index (χ3n) is 4.96. The summed E-state index contributed by atoms with van der Waals surface area (Å²) in [5, 5.41) is 3.65. The van der Waals surface area contributed by atoms with Gasteiger partial charge in [-0.1, -0.05) is 52.9 Å². The van der Waals surface area contributed by atoms with Crippen molar-refractivity contribution >= 4 is 0 Å². The Balaban J connectivity index is 2.17. The Hall–Kier alpha value is -0.0800. The van der Waals surface area contributed by atoms with Crippen molar-refractivity contribution in [1.82, 2.24) is 10.2 Å². The molecule has 0 radical (unpaired) electrons. The number of hydrogen-bond donors (Lipinski definition) is 1. The molecule has 0 aromatic heterocycles. The van der Waals surface area contributed by atoms with E-state index in [0.29, 0.717) is 0 Å². The zero-order valence-electron chi connectivity index (χ0n) is 13.8. The van der Waals surface area contributed by atoms with Gasteiger partial charge in [-0.05, 0) is 45.3 Å². The summed E-state index contributed by atoms with van der Waals surface area (Å²) in [6.45, 7) is 13.1. The lowest BCUT2D eigenvalue weighted by atomic mass is 9.87. The first-order valence-electron chi connectivity index (χ1n) is 8.68. The van der Waals surface area contributed by atoms with Crippen molar-refractivity contribution in [2.45, 2.75) is 84.7 Å². The number of piperidine rings is 1. The van der Waals surface area contributed by atoms with Crippen molar-refractivity contribution in [2.24, 2.45) is 5.92 Å². The summed E-state index contributed by atoms with van der Waals surface area (Å²) in [4.78, 5) is 2.72. The van der Waals surface area contributed by atoms with Gasteiger partial charge in [0.05, 0.1) is 0 Å². The van der Waals surface area contributed by atoms with Crippen LogP contribution in [0.5, 0.6) is 0 Å². The second-order valence-corrected chi connectivity index (χ2v) is 6.36. The van der Waals surface area contributed by atoms with Gasteiger partial charge in [0, 0.05) is 12.1 Å². The van der Waals surface area contributed by atoms with E-state index in [-0.39, 0.29) is 0 Å². The van der Waals surface area contributed by atoms with E-state index in [4.69, 9.17) is 0 Å². The van der Waals surface area contributed by atoms with Crippen LogP contribution < -0.4 is 5.32 Å². The fraction of sp³-hybridized carbons (Fsp3) is 1.00. The van der Waals surface area contributed by atoms with Crippen molar-refractivity contribution < 1.29 is 0 Å². The van der Waals surface area contributed by atoms with Gasteiger partial charge in [-0.3, -0.25) is 0 Å². The van der Waals surface area contributed by atoms with Gasteiger partial charge in [-0.15, -0.1) is 0 Å². The topological polar surface area (TPSA) is 15.3 Å². The Morgan fingerprint density at radius 3 is 2.37 bits per heavy atom. The van der Waals surface area contributed by atoms with E-state index in [9.17, 15) is 0 Å². The third-order valence-corrected chi connectivity index (χ3v) is 4.96. The van der Waals surface area contributed by atoms with Gasteiger partial charge < -0.3 is 10.2 Å². The zero-order valence-corrected chi connectivity index (χ0v) is 13.8. The molecule has 0 amide bonds. The average molecular weight is 268 g/mol. The molecule has 3 unspecified atom stereocenters. The Bertz CT molecular complexity index is 217. The molecule has 1 aliphatic rings. The van der Waals surface area contributed by atoms with E-state index in [1.807, 2.05) is 0 Å².